The minimum Gasteiger partial charge on any atom is -0.444 e. The average molecular weight is 743 g/mol. The smallest absolute Gasteiger partial charge is 0.410 e. The Labute approximate surface area is 322 Å². The molecule has 294 valence electrons. The average Bonchev–Trinajstić information content (AvgIpc) is 3.47. The Bertz CT molecular complexity index is 1510. The molecular weight excluding hydrogens is 681 g/mol. The molecule has 2 N–H and O–H groups in total. The van der Waals surface area contributed by atoms with Gasteiger partial charge in [0, 0.05) is 83.7 Å². The van der Waals surface area contributed by atoms with Gasteiger partial charge in [0.25, 0.3) is 0 Å². The number of Topliss-reactive ketones (excluding diaryl/α,β-unsaturated/α-hetero) is 2. The van der Waals surface area contributed by atoms with Gasteiger partial charge in [-0.3, -0.25) is 19.4 Å². The Morgan fingerprint density at radius 2 is 1.07 bits per heavy atom. The first-order valence-corrected chi connectivity index (χ1v) is 19.3. The lowest BCUT2D eigenvalue weighted by Crippen LogP contribution is -2.47. The summed E-state index contributed by atoms with van der Waals surface area (Å²) in [6.07, 6.45) is 3.83. The van der Waals surface area contributed by atoms with Gasteiger partial charge in [0.1, 0.15) is 30.6 Å². The molecule has 0 aromatic heterocycles. The molecule has 0 spiro atoms. The maximum Gasteiger partial charge on any atom is 0.410 e. The molecule has 3 aromatic carbocycles. The predicted molar refractivity (Wildman–Crippen MR) is 212 cm³/mol. The van der Waals surface area contributed by atoms with Gasteiger partial charge in [0.05, 0.1) is 0 Å². The Morgan fingerprint density at radius 1 is 0.667 bits per heavy atom. The second kappa shape index (κ2) is 21.8. The SMILES string of the molecule is CC(C)(C)OC(=O)N1CC2CCC(C1)C2=O.COCN(COC)Cc1ccccc1.NCc1ccccc1.O=C1C2CCC1CN(Cc1ccccc1)C2. The summed E-state index contributed by atoms with van der Waals surface area (Å²) >= 11 is 0. The molecule has 10 heteroatoms. The van der Waals surface area contributed by atoms with Gasteiger partial charge in [-0.15, -0.1) is 0 Å². The van der Waals surface area contributed by atoms with Crippen molar-refractivity contribution in [1.82, 2.24) is 14.7 Å². The lowest BCUT2D eigenvalue weighted by Gasteiger charge is -2.32. The Kier molecular flexibility index (Phi) is 17.3. The highest BCUT2D eigenvalue weighted by molar-refractivity contribution is 5.88. The number of nitrogens with two attached hydrogens (primary N) is 1. The number of benzene rings is 3. The van der Waals surface area contributed by atoms with Crippen LogP contribution in [0.15, 0.2) is 91.0 Å². The van der Waals surface area contributed by atoms with Crippen LogP contribution in [0.1, 0.15) is 63.1 Å². The van der Waals surface area contributed by atoms with E-state index in [4.69, 9.17) is 19.9 Å². The number of piperidine rings is 2. The van der Waals surface area contributed by atoms with Crippen LogP contribution in [-0.4, -0.2) is 91.8 Å². The fourth-order valence-corrected chi connectivity index (χ4v) is 7.47. The molecule has 10 nitrogen and oxygen atoms in total. The maximum absolute atomic E-state index is 11.8. The molecule has 4 aliphatic rings. The second-order valence-corrected chi connectivity index (χ2v) is 15.7. The molecule has 4 bridgehead atoms. The topological polar surface area (TPSA) is 115 Å². The summed E-state index contributed by atoms with van der Waals surface area (Å²) in [5.41, 5.74) is 8.70. The first-order valence-electron chi connectivity index (χ1n) is 19.3. The van der Waals surface area contributed by atoms with Gasteiger partial charge in [0.15, 0.2) is 0 Å². The van der Waals surface area contributed by atoms with Crippen LogP contribution in [0.25, 0.3) is 0 Å². The minimum absolute atomic E-state index is 0.0614. The largest absolute Gasteiger partial charge is 0.444 e. The fourth-order valence-electron chi connectivity index (χ4n) is 7.47. The summed E-state index contributed by atoms with van der Waals surface area (Å²) in [6, 6.07) is 30.8. The maximum atomic E-state index is 11.8. The summed E-state index contributed by atoms with van der Waals surface area (Å²) in [5, 5.41) is 0. The highest BCUT2D eigenvalue weighted by atomic mass is 16.6. The molecule has 2 aliphatic heterocycles. The zero-order valence-corrected chi connectivity index (χ0v) is 33.0. The molecule has 4 atom stereocenters. The highest BCUT2D eigenvalue weighted by Crippen LogP contribution is 2.34. The molecule has 4 unspecified atom stereocenters. The van der Waals surface area contributed by atoms with Crippen LogP contribution in [0.4, 0.5) is 4.79 Å². The molecule has 7 rings (SSSR count). The lowest BCUT2D eigenvalue weighted by molar-refractivity contribution is -0.128. The number of rotatable bonds is 9. The van der Waals surface area contributed by atoms with Gasteiger partial charge >= 0.3 is 6.09 Å². The molecule has 2 saturated carbocycles. The van der Waals surface area contributed by atoms with E-state index in [-0.39, 0.29) is 17.9 Å². The van der Waals surface area contributed by atoms with Gasteiger partial charge in [-0.25, -0.2) is 4.79 Å². The van der Waals surface area contributed by atoms with Crippen LogP contribution >= 0.6 is 0 Å². The molecule has 4 fully saturated rings. The number of ketones is 2. The minimum atomic E-state index is -0.461. The van der Waals surface area contributed by atoms with Crippen molar-refractivity contribution in [1.29, 1.82) is 0 Å². The van der Waals surface area contributed by atoms with Crippen molar-refractivity contribution in [2.24, 2.45) is 29.4 Å². The fraction of sp³-hybridized carbons (Fsp3) is 0.523. The first kappa shape index (κ1) is 42.8. The van der Waals surface area contributed by atoms with E-state index in [9.17, 15) is 14.4 Å². The summed E-state index contributed by atoms with van der Waals surface area (Å²) < 4.78 is 15.5. The lowest BCUT2D eigenvalue weighted by atomic mass is 9.96. The van der Waals surface area contributed by atoms with Crippen molar-refractivity contribution in [3.05, 3.63) is 108 Å². The molecule has 3 aromatic rings. The number of fused-ring (bicyclic) bond motifs is 4. The van der Waals surface area contributed by atoms with Crippen molar-refractivity contribution in [2.45, 2.75) is 71.7 Å². The van der Waals surface area contributed by atoms with E-state index >= 15 is 0 Å². The van der Waals surface area contributed by atoms with Gasteiger partial charge in [0.2, 0.25) is 0 Å². The summed E-state index contributed by atoms with van der Waals surface area (Å²) in [5.74, 6) is 1.67. The van der Waals surface area contributed by atoms with Crippen LogP contribution in [0.5, 0.6) is 0 Å². The van der Waals surface area contributed by atoms with E-state index in [1.165, 1.54) is 16.7 Å². The number of carbonyl (C=O) groups excluding carboxylic acids is 3. The second-order valence-electron chi connectivity index (χ2n) is 15.7. The van der Waals surface area contributed by atoms with Gasteiger partial charge in [-0.1, -0.05) is 91.0 Å². The molecule has 2 heterocycles. The number of carbonyl (C=O) groups is 3. The van der Waals surface area contributed by atoms with E-state index in [1.807, 2.05) is 75.4 Å². The standard InChI is InChI=1S/C14H17NO.C12H19NO3.C11H17NO2.C7H9N/c16-14-12-6-7-13(14)10-15(9-12)8-11-4-2-1-3-5-11;1-12(2,3)16-11(15)13-6-8-4-5-9(7-13)10(8)14;1-13-9-12(10-14-2)8-11-6-4-3-5-7-11;8-6-7-4-2-1-3-5-7/h1-5,12-13H,6-10H2;8-9H,4-7H2,1-3H3;3-7H,8-10H2,1-2H3;1-5H,6,8H2. The van der Waals surface area contributed by atoms with Crippen molar-refractivity contribution >= 4 is 17.7 Å². The van der Waals surface area contributed by atoms with Gasteiger partial charge < -0.3 is 24.8 Å². The van der Waals surface area contributed by atoms with E-state index < -0.39 is 5.60 Å². The van der Waals surface area contributed by atoms with Crippen LogP contribution in [0.3, 0.4) is 0 Å². The predicted octanol–water partition coefficient (Wildman–Crippen LogP) is 6.77. The molecular formula is C44H62N4O6. The Morgan fingerprint density at radius 3 is 1.46 bits per heavy atom. The van der Waals surface area contributed by atoms with E-state index in [1.54, 1.807) is 19.1 Å². The number of hydrogen-bond acceptors (Lipinski definition) is 9. The van der Waals surface area contributed by atoms with Crippen molar-refractivity contribution < 1.29 is 28.6 Å². The number of likely N-dealkylation sites (tertiary alicyclic amines) is 2. The Hall–Kier alpha value is -3.93. The normalized spacial score (nSPS) is 21.6. The number of methoxy groups -OCH3 is 2. The van der Waals surface area contributed by atoms with Crippen molar-refractivity contribution in [2.75, 3.05) is 53.9 Å². The van der Waals surface area contributed by atoms with Gasteiger partial charge in [-0.05, 0) is 63.1 Å². The molecule has 1 amide bonds. The molecule has 54 heavy (non-hydrogen) atoms. The van der Waals surface area contributed by atoms with E-state index in [0.717, 1.165) is 51.9 Å². The van der Waals surface area contributed by atoms with Crippen LogP contribution < -0.4 is 5.73 Å². The quantitative estimate of drug-likeness (QED) is 0.237. The van der Waals surface area contributed by atoms with Crippen molar-refractivity contribution in [3.8, 4) is 0 Å². The zero-order valence-electron chi connectivity index (χ0n) is 33.0. The molecule has 0 radical (unpaired) electrons. The molecule has 2 saturated heterocycles. The highest BCUT2D eigenvalue weighted by Gasteiger charge is 2.43. The zero-order chi connectivity index (χ0) is 38.9. The first-order chi connectivity index (χ1) is 26.0. The van der Waals surface area contributed by atoms with Crippen LogP contribution in [-0.2, 0) is 43.4 Å². The summed E-state index contributed by atoms with van der Waals surface area (Å²) in [4.78, 5) is 41.5. The van der Waals surface area contributed by atoms with Crippen molar-refractivity contribution in [3.63, 3.8) is 0 Å². The monoisotopic (exact) mass is 742 g/mol. The van der Waals surface area contributed by atoms with Crippen LogP contribution in [0, 0.1) is 23.7 Å². The van der Waals surface area contributed by atoms with E-state index in [2.05, 4.69) is 46.2 Å². The molecule has 2 aliphatic carbocycles. The third-order valence-electron chi connectivity index (χ3n) is 10.0. The van der Waals surface area contributed by atoms with E-state index in [0.29, 0.717) is 56.5 Å². The Balaban J connectivity index is 0.000000165. The summed E-state index contributed by atoms with van der Waals surface area (Å²) in [7, 11) is 3.38. The summed E-state index contributed by atoms with van der Waals surface area (Å²) in [6.45, 7) is 12.3. The number of hydrogen-bond donors (Lipinski definition) is 1. The van der Waals surface area contributed by atoms with Gasteiger partial charge in [-0.2, -0.15) is 0 Å². The third-order valence-corrected chi connectivity index (χ3v) is 10.0. The number of amides is 1. The number of ether oxygens (including phenoxy) is 3. The van der Waals surface area contributed by atoms with Crippen LogP contribution in [0.2, 0.25) is 0 Å². The third kappa shape index (κ3) is 14.0. The number of nitrogens with zero attached hydrogens (tertiary/aromatic N) is 3.